The third-order valence-electron chi connectivity index (χ3n) is 4.72. The van der Waals surface area contributed by atoms with Crippen molar-refractivity contribution in [3.63, 3.8) is 0 Å². The van der Waals surface area contributed by atoms with Crippen LogP contribution in [-0.2, 0) is 25.6 Å². The largest absolute Gasteiger partial charge is 0.465 e. The van der Waals surface area contributed by atoms with Crippen molar-refractivity contribution in [1.29, 1.82) is 0 Å². The molecule has 0 saturated heterocycles. The Kier molecular flexibility index (Phi) is 9.17. The van der Waals surface area contributed by atoms with Gasteiger partial charge in [0.1, 0.15) is 5.71 Å². The highest BCUT2D eigenvalue weighted by atomic mass is 32.2. The quantitative estimate of drug-likeness (QED) is 0.127. The van der Waals surface area contributed by atoms with Crippen molar-refractivity contribution >= 4 is 35.2 Å². The standard InChI is InChI=1S/C27H25NO5S/c1-19(29)32-17-16-26(28-33-20(2)30)27(31)23-10-14-25(15-11-23)34-24-12-8-22(9-13-24)18-21-6-4-3-5-7-21/h3-15H,16-18H2,1-2H3. The summed E-state index contributed by atoms with van der Waals surface area (Å²) in [6.45, 7) is 2.44. The fraction of sp³-hybridized carbons (Fsp3) is 0.185. The number of nitrogens with zero attached hydrogens (tertiary/aromatic N) is 1. The monoisotopic (exact) mass is 475 g/mol. The first-order valence-corrected chi connectivity index (χ1v) is 11.6. The van der Waals surface area contributed by atoms with Crippen LogP contribution in [0.4, 0.5) is 0 Å². The molecule has 34 heavy (non-hydrogen) atoms. The number of carbonyl (C=O) groups is 3. The van der Waals surface area contributed by atoms with E-state index in [4.69, 9.17) is 4.74 Å². The molecular formula is C27H25NO5S. The Bertz CT molecular complexity index is 1160. The Balaban J connectivity index is 1.63. The first-order chi connectivity index (χ1) is 16.4. The molecule has 0 aliphatic rings. The number of carbonyl (C=O) groups excluding carboxylic acids is 3. The molecule has 0 fully saturated rings. The molecule has 0 atom stereocenters. The van der Waals surface area contributed by atoms with Gasteiger partial charge in [0.25, 0.3) is 0 Å². The lowest BCUT2D eigenvalue weighted by Gasteiger charge is -2.07. The summed E-state index contributed by atoms with van der Waals surface area (Å²) >= 11 is 1.59. The molecule has 3 aromatic carbocycles. The molecule has 7 heteroatoms. The summed E-state index contributed by atoms with van der Waals surface area (Å²) in [6, 6.07) is 25.8. The van der Waals surface area contributed by atoms with Gasteiger partial charge in [0.05, 0.1) is 6.61 Å². The van der Waals surface area contributed by atoms with E-state index >= 15 is 0 Å². The van der Waals surface area contributed by atoms with Crippen LogP contribution >= 0.6 is 11.8 Å². The minimum absolute atomic E-state index is 0.00542. The topological polar surface area (TPSA) is 82.0 Å². The Labute approximate surface area is 203 Å². The highest BCUT2D eigenvalue weighted by Gasteiger charge is 2.16. The van der Waals surface area contributed by atoms with Crippen molar-refractivity contribution in [3.8, 4) is 0 Å². The van der Waals surface area contributed by atoms with Crippen molar-refractivity contribution in [2.45, 2.75) is 36.5 Å². The summed E-state index contributed by atoms with van der Waals surface area (Å²) < 4.78 is 4.88. The summed E-state index contributed by atoms with van der Waals surface area (Å²) in [6.07, 6.45) is 0.925. The van der Waals surface area contributed by atoms with Gasteiger partial charge >= 0.3 is 11.9 Å². The predicted octanol–water partition coefficient (Wildman–Crippen LogP) is 5.48. The van der Waals surface area contributed by atoms with Gasteiger partial charge in [-0.05, 0) is 53.9 Å². The molecule has 0 heterocycles. The van der Waals surface area contributed by atoms with E-state index in [9.17, 15) is 14.4 Å². The van der Waals surface area contributed by atoms with Gasteiger partial charge in [-0.3, -0.25) is 9.59 Å². The van der Waals surface area contributed by atoms with Crippen LogP contribution in [0.5, 0.6) is 0 Å². The zero-order chi connectivity index (χ0) is 24.3. The number of benzene rings is 3. The summed E-state index contributed by atoms with van der Waals surface area (Å²) in [5.74, 6) is -1.50. The summed E-state index contributed by atoms with van der Waals surface area (Å²) in [5.41, 5.74) is 2.92. The van der Waals surface area contributed by atoms with E-state index in [1.54, 1.807) is 23.9 Å². The third kappa shape index (κ3) is 8.01. The van der Waals surface area contributed by atoms with Crippen molar-refractivity contribution in [1.82, 2.24) is 0 Å². The summed E-state index contributed by atoms with van der Waals surface area (Å²) in [7, 11) is 0. The maximum Gasteiger partial charge on any atom is 0.331 e. The predicted molar refractivity (Wildman–Crippen MR) is 131 cm³/mol. The second-order valence-corrected chi connectivity index (χ2v) is 8.62. The smallest absolute Gasteiger partial charge is 0.331 e. The van der Waals surface area contributed by atoms with Crippen LogP contribution in [0.3, 0.4) is 0 Å². The number of Topliss-reactive ketones (excluding diaryl/α,β-unsaturated/α-hetero) is 1. The maximum absolute atomic E-state index is 12.8. The van der Waals surface area contributed by atoms with Crippen LogP contribution in [-0.4, -0.2) is 30.0 Å². The first kappa shape index (κ1) is 24.9. The molecule has 0 aromatic heterocycles. The summed E-state index contributed by atoms with van der Waals surface area (Å²) in [4.78, 5) is 41.6. The van der Waals surface area contributed by atoms with Gasteiger partial charge in [0.2, 0.25) is 5.78 Å². The highest BCUT2D eigenvalue weighted by Crippen LogP contribution is 2.28. The fourth-order valence-electron chi connectivity index (χ4n) is 3.10. The van der Waals surface area contributed by atoms with Gasteiger partial charge in [-0.1, -0.05) is 59.4 Å². The second kappa shape index (κ2) is 12.5. The van der Waals surface area contributed by atoms with Crippen LogP contribution in [0.1, 0.15) is 41.8 Å². The second-order valence-electron chi connectivity index (χ2n) is 7.47. The molecule has 0 bridgehead atoms. The molecule has 6 nitrogen and oxygen atoms in total. The van der Waals surface area contributed by atoms with Gasteiger partial charge in [-0.15, -0.1) is 0 Å². The minimum atomic E-state index is -0.640. The highest BCUT2D eigenvalue weighted by molar-refractivity contribution is 7.99. The van der Waals surface area contributed by atoms with Gasteiger partial charge in [0.15, 0.2) is 0 Å². The first-order valence-electron chi connectivity index (χ1n) is 10.7. The Hall–Kier alpha value is -3.71. The molecule has 174 valence electrons. The van der Waals surface area contributed by atoms with Crippen LogP contribution < -0.4 is 0 Å². The molecular weight excluding hydrogens is 450 g/mol. The van der Waals surface area contributed by atoms with E-state index in [0.29, 0.717) is 5.56 Å². The number of ether oxygens (including phenoxy) is 1. The molecule has 3 rings (SSSR count). The Morgan fingerprint density at radius 1 is 0.765 bits per heavy atom. The zero-order valence-corrected chi connectivity index (χ0v) is 19.8. The van der Waals surface area contributed by atoms with Crippen molar-refractivity contribution in [2.24, 2.45) is 5.16 Å². The number of hydrogen-bond acceptors (Lipinski definition) is 7. The molecule has 0 amide bonds. The van der Waals surface area contributed by atoms with Gasteiger partial charge in [-0.25, -0.2) is 4.79 Å². The normalized spacial score (nSPS) is 11.1. The molecule has 0 aliphatic carbocycles. The van der Waals surface area contributed by atoms with Gasteiger partial charge < -0.3 is 9.57 Å². The van der Waals surface area contributed by atoms with Crippen molar-refractivity contribution in [2.75, 3.05) is 6.61 Å². The third-order valence-corrected chi connectivity index (χ3v) is 5.73. The average Bonchev–Trinajstić information content (AvgIpc) is 2.83. The van der Waals surface area contributed by atoms with E-state index in [-0.39, 0.29) is 18.7 Å². The number of esters is 1. The molecule has 0 unspecified atom stereocenters. The lowest BCUT2D eigenvalue weighted by atomic mass is 10.1. The SMILES string of the molecule is CC(=O)OCCC(=NOC(C)=O)C(=O)c1ccc(Sc2ccc(Cc3ccccc3)cc2)cc1. The van der Waals surface area contributed by atoms with E-state index in [0.717, 1.165) is 16.2 Å². The molecule has 0 saturated carbocycles. The van der Waals surface area contributed by atoms with Crippen molar-refractivity contribution < 1.29 is 24.0 Å². The lowest BCUT2D eigenvalue weighted by molar-refractivity contribution is -0.142. The van der Waals surface area contributed by atoms with E-state index in [1.165, 1.54) is 25.0 Å². The summed E-state index contributed by atoms with van der Waals surface area (Å²) in [5, 5.41) is 3.65. The number of oxime groups is 1. The zero-order valence-electron chi connectivity index (χ0n) is 19.0. The number of ketones is 1. The van der Waals surface area contributed by atoms with Gasteiger partial charge in [-0.2, -0.15) is 0 Å². The maximum atomic E-state index is 12.8. The fourth-order valence-corrected chi connectivity index (χ4v) is 3.91. The van der Waals surface area contributed by atoms with Crippen LogP contribution in [0.2, 0.25) is 0 Å². The number of rotatable bonds is 10. The average molecular weight is 476 g/mol. The molecule has 0 radical (unpaired) electrons. The molecule has 0 spiro atoms. The van der Waals surface area contributed by atoms with Crippen molar-refractivity contribution in [3.05, 3.63) is 95.6 Å². The molecule has 0 N–H and O–H groups in total. The molecule has 0 aliphatic heterocycles. The number of hydrogen-bond donors (Lipinski definition) is 0. The minimum Gasteiger partial charge on any atom is -0.465 e. The van der Waals surface area contributed by atoms with Gasteiger partial charge in [0, 0.05) is 35.6 Å². The Morgan fingerprint density at radius 3 is 1.94 bits per heavy atom. The van der Waals surface area contributed by atoms with E-state index in [1.807, 2.05) is 30.3 Å². The Morgan fingerprint density at radius 2 is 1.35 bits per heavy atom. The van der Waals surface area contributed by atoms with Crippen LogP contribution in [0.15, 0.2) is 93.8 Å². The molecule has 3 aromatic rings. The lowest BCUT2D eigenvalue weighted by Crippen LogP contribution is -2.18. The van der Waals surface area contributed by atoms with Crippen LogP contribution in [0, 0.1) is 0 Å². The van der Waals surface area contributed by atoms with E-state index < -0.39 is 17.7 Å². The van der Waals surface area contributed by atoms with Crippen LogP contribution in [0.25, 0.3) is 0 Å². The van der Waals surface area contributed by atoms with E-state index in [2.05, 4.69) is 46.4 Å².